The molecule has 8 heteroatoms. The lowest BCUT2D eigenvalue weighted by atomic mass is 9.86. The molecule has 2 rings (SSSR count). The molecule has 0 aromatic heterocycles. The van der Waals surface area contributed by atoms with E-state index in [0.29, 0.717) is 37.7 Å². The first-order valence-electron chi connectivity index (χ1n) is 10.4. The van der Waals surface area contributed by atoms with Gasteiger partial charge in [-0.05, 0) is 55.7 Å². The van der Waals surface area contributed by atoms with Crippen LogP contribution in [0.15, 0.2) is 23.2 Å². The first-order valence-corrected chi connectivity index (χ1v) is 11.4. The smallest absolute Gasteiger partial charge is 0.165 e. The molecule has 1 atom stereocenters. The van der Waals surface area contributed by atoms with Gasteiger partial charge in [0.1, 0.15) is 11.9 Å². The average Bonchev–Trinajstić information content (AvgIpc) is 2.69. The van der Waals surface area contributed by atoms with Gasteiger partial charge in [0.25, 0.3) is 0 Å². The minimum atomic E-state index is -1.07. The molecule has 0 radical (unpaired) electrons. The standard InChI is InChI=1S/C21H34FN3O3S/c1-3-21(26,15-25-29-12-5-4-11-28-24-16-23-2)18-9-10-19(22)20(13-18)27-14-17-7-6-8-17/h9-10,13,16-17,25-26H,3-8,11-12,14-15H2,1-2H3,(H,23,24)/t21-/m1/s1. The van der Waals surface area contributed by atoms with Crippen LogP contribution in [0, 0.1) is 11.7 Å². The maximum absolute atomic E-state index is 14.1. The molecule has 3 N–H and O–H groups in total. The lowest BCUT2D eigenvalue weighted by Gasteiger charge is -2.29. The molecule has 0 heterocycles. The minimum absolute atomic E-state index is 0.232. The van der Waals surface area contributed by atoms with Crippen molar-refractivity contribution in [2.24, 2.45) is 10.9 Å². The number of aliphatic imine (C=N–C) groups is 1. The molecular weight excluding hydrogens is 393 g/mol. The Bertz CT molecular complexity index is 631. The predicted octanol–water partition coefficient (Wildman–Crippen LogP) is 3.80. The fraction of sp³-hybridized carbons (Fsp3) is 0.667. The summed E-state index contributed by atoms with van der Waals surface area (Å²) >= 11 is 1.57. The molecule has 1 aliphatic carbocycles. The summed E-state index contributed by atoms with van der Waals surface area (Å²) in [5.41, 5.74) is 2.24. The van der Waals surface area contributed by atoms with E-state index in [2.05, 4.69) is 15.2 Å². The van der Waals surface area contributed by atoms with Crippen LogP contribution in [0.1, 0.15) is 51.0 Å². The van der Waals surface area contributed by atoms with Crippen molar-refractivity contribution < 1.29 is 19.1 Å². The van der Waals surface area contributed by atoms with Crippen LogP contribution < -0.4 is 14.9 Å². The summed E-state index contributed by atoms with van der Waals surface area (Å²) in [5, 5.41) is 11.1. The average molecular weight is 428 g/mol. The number of ether oxygens (including phenoxy) is 1. The molecule has 1 aromatic rings. The van der Waals surface area contributed by atoms with Gasteiger partial charge in [-0.1, -0.05) is 31.4 Å². The van der Waals surface area contributed by atoms with Gasteiger partial charge in [0.2, 0.25) is 0 Å². The van der Waals surface area contributed by atoms with E-state index < -0.39 is 5.60 Å². The van der Waals surface area contributed by atoms with Gasteiger partial charge < -0.3 is 9.84 Å². The Kier molecular flexibility index (Phi) is 10.8. The summed E-state index contributed by atoms with van der Waals surface area (Å²) in [6.45, 7) is 3.47. The highest BCUT2D eigenvalue weighted by Crippen LogP contribution is 2.31. The highest BCUT2D eigenvalue weighted by atomic mass is 32.2. The Morgan fingerprint density at radius 3 is 2.90 bits per heavy atom. The van der Waals surface area contributed by atoms with Crippen molar-refractivity contribution in [2.75, 3.05) is 32.6 Å². The lowest BCUT2D eigenvalue weighted by molar-refractivity contribution is 0.0382. The molecule has 1 fully saturated rings. The predicted molar refractivity (Wildman–Crippen MR) is 117 cm³/mol. The van der Waals surface area contributed by atoms with E-state index in [9.17, 15) is 9.50 Å². The van der Waals surface area contributed by atoms with Gasteiger partial charge >= 0.3 is 0 Å². The quantitative estimate of drug-likeness (QED) is 0.130. The van der Waals surface area contributed by atoms with E-state index in [1.165, 1.54) is 18.8 Å². The highest BCUT2D eigenvalue weighted by molar-refractivity contribution is 7.97. The van der Waals surface area contributed by atoms with E-state index in [-0.39, 0.29) is 11.6 Å². The molecule has 29 heavy (non-hydrogen) atoms. The van der Waals surface area contributed by atoms with Crippen molar-refractivity contribution in [1.29, 1.82) is 0 Å². The van der Waals surface area contributed by atoms with E-state index >= 15 is 0 Å². The molecule has 0 aliphatic heterocycles. The number of nitrogens with zero attached hydrogens (tertiary/aromatic N) is 1. The zero-order valence-electron chi connectivity index (χ0n) is 17.5. The largest absolute Gasteiger partial charge is 0.490 e. The van der Waals surface area contributed by atoms with E-state index in [1.807, 2.05) is 6.92 Å². The van der Waals surface area contributed by atoms with Gasteiger partial charge in [-0.15, -0.1) is 0 Å². The second-order valence-electron chi connectivity index (χ2n) is 7.37. The van der Waals surface area contributed by atoms with Gasteiger partial charge in [-0.2, -0.15) is 0 Å². The van der Waals surface area contributed by atoms with Crippen molar-refractivity contribution in [3.05, 3.63) is 29.6 Å². The number of hydrogen-bond acceptors (Lipinski definition) is 6. The fourth-order valence-electron chi connectivity index (χ4n) is 2.94. The second kappa shape index (κ2) is 13.1. The van der Waals surface area contributed by atoms with Gasteiger partial charge in [0.15, 0.2) is 11.6 Å². The van der Waals surface area contributed by atoms with Gasteiger partial charge in [0, 0.05) is 19.3 Å². The van der Waals surface area contributed by atoms with Crippen LogP contribution in [0.2, 0.25) is 0 Å². The summed E-state index contributed by atoms with van der Waals surface area (Å²) in [5.74, 6) is 1.29. The van der Waals surface area contributed by atoms with Crippen molar-refractivity contribution >= 4 is 18.3 Å². The van der Waals surface area contributed by atoms with Crippen LogP contribution in [0.5, 0.6) is 5.75 Å². The number of benzene rings is 1. The van der Waals surface area contributed by atoms with Gasteiger partial charge in [-0.25, -0.2) is 4.39 Å². The monoisotopic (exact) mass is 427 g/mol. The zero-order chi connectivity index (χ0) is 21.0. The highest BCUT2D eigenvalue weighted by Gasteiger charge is 2.28. The molecular formula is C21H34FN3O3S. The van der Waals surface area contributed by atoms with E-state index in [4.69, 9.17) is 9.57 Å². The number of unbranched alkanes of at least 4 members (excludes halogenated alkanes) is 1. The van der Waals surface area contributed by atoms with Crippen LogP contribution in [-0.4, -0.2) is 44.0 Å². The Morgan fingerprint density at radius 2 is 2.21 bits per heavy atom. The topological polar surface area (TPSA) is 75.1 Å². The van der Waals surface area contributed by atoms with Crippen LogP contribution >= 0.6 is 11.9 Å². The second-order valence-corrected chi connectivity index (χ2v) is 8.35. The van der Waals surface area contributed by atoms with Gasteiger partial charge in [-0.3, -0.25) is 20.0 Å². The summed E-state index contributed by atoms with van der Waals surface area (Å²) in [6.07, 6.45) is 7.47. The minimum Gasteiger partial charge on any atom is -0.490 e. The maximum Gasteiger partial charge on any atom is 0.165 e. The molecule has 1 saturated carbocycles. The number of hydrogen-bond donors (Lipinski definition) is 3. The van der Waals surface area contributed by atoms with Crippen molar-refractivity contribution in [2.45, 2.75) is 51.0 Å². The SMILES string of the molecule is CC[C@@](O)(CNSCCCCONC=NC)c1ccc(F)c(OCC2CCC2)c1. The van der Waals surface area contributed by atoms with Crippen molar-refractivity contribution in [1.82, 2.24) is 10.2 Å². The number of aliphatic hydroxyl groups is 1. The molecule has 1 aromatic carbocycles. The third kappa shape index (κ3) is 8.12. The third-order valence-electron chi connectivity index (χ3n) is 5.23. The molecule has 0 unspecified atom stereocenters. The molecule has 0 spiro atoms. The van der Waals surface area contributed by atoms with Gasteiger partial charge in [0.05, 0.1) is 13.2 Å². The van der Waals surface area contributed by atoms with Crippen LogP contribution in [0.4, 0.5) is 4.39 Å². The molecule has 0 bridgehead atoms. The van der Waals surface area contributed by atoms with Crippen molar-refractivity contribution in [3.63, 3.8) is 0 Å². The first kappa shape index (κ1) is 23.9. The number of nitrogens with one attached hydrogen (secondary N) is 2. The van der Waals surface area contributed by atoms with Crippen LogP contribution in [0.25, 0.3) is 0 Å². The summed E-state index contributed by atoms with van der Waals surface area (Å²) < 4.78 is 23.0. The first-order chi connectivity index (χ1) is 14.1. The Morgan fingerprint density at radius 1 is 1.38 bits per heavy atom. The molecule has 164 valence electrons. The van der Waals surface area contributed by atoms with Crippen LogP contribution in [0.3, 0.4) is 0 Å². The van der Waals surface area contributed by atoms with E-state index in [0.717, 1.165) is 31.4 Å². The molecule has 0 amide bonds. The number of rotatable bonds is 15. The van der Waals surface area contributed by atoms with Crippen molar-refractivity contribution in [3.8, 4) is 5.75 Å². The van der Waals surface area contributed by atoms with E-state index in [1.54, 1.807) is 31.1 Å². The van der Waals surface area contributed by atoms with Crippen LogP contribution in [-0.2, 0) is 10.4 Å². The Hall–Kier alpha value is -1.35. The number of halogens is 1. The lowest BCUT2D eigenvalue weighted by Crippen LogP contribution is -2.35. The normalized spacial score (nSPS) is 16.6. The Labute approximate surface area is 177 Å². The molecule has 0 saturated heterocycles. The Balaban J connectivity index is 1.74. The summed E-state index contributed by atoms with van der Waals surface area (Å²) in [7, 11) is 1.67. The zero-order valence-corrected chi connectivity index (χ0v) is 18.3. The molecule has 1 aliphatic rings. The summed E-state index contributed by atoms with van der Waals surface area (Å²) in [4.78, 5) is 8.92. The molecule has 6 nitrogen and oxygen atoms in total. The third-order valence-corrected chi connectivity index (χ3v) is 6.07. The maximum atomic E-state index is 14.1. The fourth-order valence-corrected chi connectivity index (χ4v) is 3.78. The number of hydroxylamine groups is 1. The summed E-state index contributed by atoms with van der Waals surface area (Å²) in [6, 6.07) is 4.68.